The molecule has 1 aliphatic rings. The van der Waals surface area contributed by atoms with E-state index in [0.29, 0.717) is 11.8 Å². The van der Waals surface area contributed by atoms with E-state index in [1.54, 1.807) is 4.90 Å². The van der Waals surface area contributed by atoms with Crippen LogP contribution in [-0.4, -0.2) is 41.9 Å². The van der Waals surface area contributed by atoms with Gasteiger partial charge in [0.05, 0.1) is 6.61 Å². The first-order valence-corrected chi connectivity index (χ1v) is 8.03. The van der Waals surface area contributed by atoms with Gasteiger partial charge >= 0.3 is 6.09 Å². The van der Waals surface area contributed by atoms with Crippen LogP contribution in [0, 0.1) is 11.8 Å². The predicted molar refractivity (Wildman–Crippen MR) is 85.2 cm³/mol. The van der Waals surface area contributed by atoms with Crippen LogP contribution in [0.2, 0.25) is 0 Å². The van der Waals surface area contributed by atoms with Gasteiger partial charge in [0.25, 0.3) is 0 Å². The fourth-order valence-electron chi connectivity index (χ4n) is 2.73. The highest BCUT2D eigenvalue weighted by Crippen LogP contribution is 2.31. The average molecular weight is 297 g/mol. The number of hydrogen-bond acceptors (Lipinski definition) is 3. The quantitative estimate of drug-likeness (QED) is 0.789. The molecular formula is C17H31NO3. The van der Waals surface area contributed by atoms with Gasteiger partial charge in [-0.3, -0.25) is 0 Å². The van der Waals surface area contributed by atoms with E-state index < -0.39 is 5.60 Å². The zero-order valence-electron chi connectivity index (χ0n) is 14.0. The second kappa shape index (κ2) is 8.42. The van der Waals surface area contributed by atoms with Crippen LogP contribution >= 0.6 is 0 Å². The van der Waals surface area contributed by atoms with Crippen molar-refractivity contribution in [2.45, 2.75) is 58.5 Å². The van der Waals surface area contributed by atoms with E-state index in [1.807, 2.05) is 33.9 Å². The van der Waals surface area contributed by atoms with E-state index in [0.717, 1.165) is 13.0 Å². The van der Waals surface area contributed by atoms with Gasteiger partial charge < -0.3 is 14.7 Å². The molecule has 1 fully saturated rings. The fourth-order valence-corrected chi connectivity index (χ4v) is 2.73. The summed E-state index contributed by atoms with van der Waals surface area (Å²) in [7, 11) is 1.81. The Bertz CT molecular complexity index is 338. The van der Waals surface area contributed by atoms with Gasteiger partial charge in [0, 0.05) is 13.6 Å². The van der Waals surface area contributed by atoms with Crippen molar-refractivity contribution < 1.29 is 14.6 Å². The van der Waals surface area contributed by atoms with Crippen molar-refractivity contribution in [3.63, 3.8) is 0 Å². The maximum Gasteiger partial charge on any atom is 0.410 e. The van der Waals surface area contributed by atoms with Crippen molar-refractivity contribution >= 4 is 6.09 Å². The second-order valence-corrected chi connectivity index (χ2v) is 7.08. The molecule has 0 aromatic rings. The lowest BCUT2D eigenvalue weighted by Crippen LogP contribution is -2.35. The highest BCUT2D eigenvalue weighted by Gasteiger charge is 2.22. The first-order chi connectivity index (χ1) is 9.81. The number of ether oxygens (including phenoxy) is 1. The summed E-state index contributed by atoms with van der Waals surface area (Å²) >= 11 is 0. The molecule has 4 nitrogen and oxygen atoms in total. The molecule has 1 aliphatic carbocycles. The Balaban J connectivity index is 2.24. The minimum absolute atomic E-state index is 0.139. The summed E-state index contributed by atoms with van der Waals surface area (Å²) in [4.78, 5) is 13.6. The maximum atomic E-state index is 11.9. The molecular weight excluding hydrogens is 266 g/mol. The Labute approximate surface area is 129 Å². The number of amides is 1. The van der Waals surface area contributed by atoms with Crippen molar-refractivity contribution in [3.05, 3.63) is 12.2 Å². The Morgan fingerprint density at radius 2 is 1.90 bits per heavy atom. The van der Waals surface area contributed by atoms with Crippen LogP contribution in [0.15, 0.2) is 12.2 Å². The van der Waals surface area contributed by atoms with Crippen molar-refractivity contribution in [2.24, 2.45) is 11.8 Å². The highest BCUT2D eigenvalue weighted by molar-refractivity contribution is 5.67. The molecule has 0 radical (unpaired) electrons. The minimum atomic E-state index is -0.428. The van der Waals surface area contributed by atoms with Crippen LogP contribution in [0.4, 0.5) is 4.79 Å². The zero-order valence-corrected chi connectivity index (χ0v) is 14.0. The molecule has 0 atom stereocenters. The Kier molecular flexibility index (Phi) is 7.23. The molecule has 0 bridgehead atoms. The van der Waals surface area contributed by atoms with E-state index in [-0.39, 0.29) is 12.7 Å². The summed E-state index contributed by atoms with van der Waals surface area (Å²) in [5, 5.41) is 8.79. The first kappa shape index (κ1) is 18.0. The van der Waals surface area contributed by atoms with Gasteiger partial charge in [-0.1, -0.05) is 12.2 Å². The number of aliphatic hydroxyl groups excluding tert-OH is 1. The van der Waals surface area contributed by atoms with Gasteiger partial charge in [0.15, 0.2) is 0 Å². The van der Waals surface area contributed by atoms with Gasteiger partial charge in [-0.2, -0.15) is 0 Å². The topological polar surface area (TPSA) is 49.8 Å². The summed E-state index contributed by atoms with van der Waals surface area (Å²) < 4.78 is 5.35. The molecule has 0 spiro atoms. The van der Waals surface area contributed by atoms with Crippen LogP contribution in [0.3, 0.4) is 0 Å². The van der Waals surface area contributed by atoms with Crippen molar-refractivity contribution in [1.29, 1.82) is 0 Å². The van der Waals surface area contributed by atoms with Crippen LogP contribution in [0.5, 0.6) is 0 Å². The lowest BCUT2D eigenvalue weighted by molar-refractivity contribution is 0.0287. The van der Waals surface area contributed by atoms with Crippen molar-refractivity contribution in [1.82, 2.24) is 4.90 Å². The van der Waals surface area contributed by atoms with Gasteiger partial charge in [-0.25, -0.2) is 4.79 Å². The number of hydrogen-bond donors (Lipinski definition) is 1. The minimum Gasteiger partial charge on any atom is -0.444 e. The lowest BCUT2D eigenvalue weighted by Gasteiger charge is -2.29. The summed E-state index contributed by atoms with van der Waals surface area (Å²) in [6.07, 6.45) is 9.61. The third-order valence-electron chi connectivity index (χ3n) is 3.98. The molecule has 4 heteroatoms. The zero-order chi connectivity index (χ0) is 15.9. The van der Waals surface area contributed by atoms with E-state index >= 15 is 0 Å². The van der Waals surface area contributed by atoms with E-state index in [1.165, 1.54) is 25.7 Å². The molecule has 0 aromatic heterocycles. The largest absolute Gasteiger partial charge is 0.444 e. The molecule has 0 saturated heterocycles. The number of allylic oxidation sites excluding steroid dienone is 1. The van der Waals surface area contributed by atoms with Gasteiger partial charge in [0.2, 0.25) is 0 Å². The van der Waals surface area contributed by atoms with Crippen LogP contribution in [0.25, 0.3) is 0 Å². The van der Waals surface area contributed by atoms with Crippen molar-refractivity contribution in [2.75, 3.05) is 20.2 Å². The molecule has 1 rings (SSSR count). The van der Waals surface area contributed by atoms with Gasteiger partial charge in [-0.05, 0) is 64.7 Å². The SMILES string of the molecule is CN(CCC1CCC(/C=C/CO)CC1)C(=O)OC(C)(C)C. The monoisotopic (exact) mass is 297 g/mol. The molecule has 21 heavy (non-hydrogen) atoms. The summed E-state index contributed by atoms with van der Waals surface area (Å²) in [6.45, 7) is 6.57. The van der Waals surface area contributed by atoms with Crippen LogP contribution in [-0.2, 0) is 4.74 Å². The Morgan fingerprint density at radius 3 is 2.43 bits per heavy atom. The Morgan fingerprint density at radius 1 is 1.29 bits per heavy atom. The standard InChI is InChI=1S/C17H31NO3/c1-17(2,3)21-16(20)18(4)12-11-15-9-7-14(8-10-15)6-5-13-19/h5-6,14-15,19H,7-13H2,1-4H3/b6-5+. The molecule has 0 aliphatic heterocycles. The third kappa shape index (κ3) is 7.51. The molecule has 122 valence electrons. The average Bonchev–Trinajstić information content (AvgIpc) is 2.41. The van der Waals surface area contributed by atoms with E-state index in [9.17, 15) is 4.79 Å². The van der Waals surface area contributed by atoms with Gasteiger partial charge in [0.1, 0.15) is 5.60 Å². The molecule has 0 heterocycles. The number of carbonyl (C=O) groups excluding carboxylic acids is 1. The van der Waals surface area contributed by atoms with Crippen LogP contribution in [0.1, 0.15) is 52.9 Å². The first-order valence-electron chi connectivity index (χ1n) is 8.03. The molecule has 1 amide bonds. The summed E-state index contributed by atoms with van der Waals surface area (Å²) in [5.74, 6) is 1.32. The fraction of sp³-hybridized carbons (Fsp3) is 0.824. The smallest absolute Gasteiger partial charge is 0.410 e. The Hall–Kier alpha value is -1.03. The maximum absolute atomic E-state index is 11.9. The summed E-state index contributed by atoms with van der Waals surface area (Å²) in [6, 6.07) is 0. The molecule has 1 N–H and O–H groups in total. The summed E-state index contributed by atoms with van der Waals surface area (Å²) in [5.41, 5.74) is -0.428. The number of aliphatic hydroxyl groups is 1. The number of carbonyl (C=O) groups is 1. The molecule has 0 aromatic carbocycles. The van der Waals surface area contributed by atoms with Gasteiger partial charge in [-0.15, -0.1) is 0 Å². The molecule has 1 saturated carbocycles. The second-order valence-electron chi connectivity index (χ2n) is 7.08. The lowest BCUT2D eigenvalue weighted by atomic mass is 9.80. The predicted octanol–water partition coefficient (Wildman–Crippen LogP) is 3.60. The molecule has 0 unspecified atom stereocenters. The third-order valence-corrected chi connectivity index (χ3v) is 3.98. The number of nitrogens with zero attached hydrogens (tertiary/aromatic N) is 1. The highest BCUT2D eigenvalue weighted by atomic mass is 16.6. The number of rotatable bonds is 5. The van der Waals surface area contributed by atoms with E-state index in [4.69, 9.17) is 9.84 Å². The van der Waals surface area contributed by atoms with E-state index in [2.05, 4.69) is 6.08 Å². The normalized spacial score (nSPS) is 23.3. The van der Waals surface area contributed by atoms with Crippen molar-refractivity contribution in [3.8, 4) is 0 Å². The van der Waals surface area contributed by atoms with Crippen LogP contribution < -0.4 is 0 Å².